The fourth-order valence-electron chi connectivity index (χ4n) is 1.34. The largest absolute Gasteiger partial charge is 0.490 e. The molecule has 0 fully saturated rings. The Bertz CT molecular complexity index is 562. The highest BCUT2D eigenvalue weighted by molar-refractivity contribution is 5.82. The highest BCUT2D eigenvalue weighted by Crippen LogP contribution is 2.13. The summed E-state index contributed by atoms with van der Waals surface area (Å²) < 4.78 is 41.9. The van der Waals surface area contributed by atoms with E-state index in [4.69, 9.17) is 24.5 Å². The van der Waals surface area contributed by atoms with Gasteiger partial charge in [-0.3, -0.25) is 4.79 Å². The van der Waals surface area contributed by atoms with Crippen molar-refractivity contribution in [3.05, 3.63) is 0 Å². The molecule has 0 aliphatic carbocycles. The van der Waals surface area contributed by atoms with Gasteiger partial charge in [-0.2, -0.15) is 13.2 Å². The fourth-order valence-corrected chi connectivity index (χ4v) is 1.34. The van der Waals surface area contributed by atoms with Crippen molar-refractivity contribution in [3.8, 4) is 0 Å². The van der Waals surface area contributed by atoms with Crippen LogP contribution >= 0.6 is 0 Å². The molecule has 9 nitrogen and oxygen atoms in total. The number of alkyl carbamates (subject to hydrolysis) is 1. The molecule has 0 aliphatic rings. The van der Waals surface area contributed by atoms with E-state index >= 15 is 0 Å². The van der Waals surface area contributed by atoms with E-state index in [1.54, 1.807) is 41.5 Å². The van der Waals surface area contributed by atoms with E-state index in [0.717, 1.165) is 0 Å². The second kappa shape index (κ2) is 10.7. The average molecular weight is 417 g/mol. The van der Waals surface area contributed by atoms with Crippen LogP contribution in [0.1, 0.15) is 54.4 Å². The summed E-state index contributed by atoms with van der Waals surface area (Å²) in [6.45, 7) is 10.1. The number of ether oxygens (including phenoxy) is 2. The van der Waals surface area contributed by atoms with Gasteiger partial charge in [0.2, 0.25) is 0 Å². The Labute approximate surface area is 160 Å². The maximum atomic E-state index is 12.0. The number of hydrogen-bond donors (Lipinski definition) is 3. The molecular formula is C16H26F3NO8. The monoisotopic (exact) mass is 417 g/mol. The van der Waals surface area contributed by atoms with Crippen molar-refractivity contribution in [2.75, 3.05) is 0 Å². The number of rotatable bonds is 5. The number of carbonyl (C=O) groups is 4. The van der Waals surface area contributed by atoms with Crippen molar-refractivity contribution in [1.29, 1.82) is 0 Å². The summed E-state index contributed by atoms with van der Waals surface area (Å²) in [7, 11) is 0. The molecule has 0 aliphatic heterocycles. The van der Waals surface area contributed by atoms with E-state index in [1.807, 2.05) is 0 Å². The minimum atomic E-state index is -5.08. The molecule has 0 heterocycles. The summed E-state index contributed by atoms with van der Waals surface area (Å²) >= 11 is 0. The molecule has 28 heavy (non-hydrogen) atoms. The lowest BCUT2D eigenvalue weighted by molar-refractivity contribution is -0.192. The topological polar surface area (TPSA) is 139 Å². The predicted molar refractivity (Wildman–Crippen MR) is 89.6 cm³/mol. The van der Waals surface area contributed by atoms with Crippen molar-refractivity contribution in [1.82, 2.24) is 5.32 Å². The van der Waals surface area contributed by atoms with Crippen LogP contribution < -0.4 is 5.32 Å². The minimum Gasteiger partial charge on any atom is -0.481 e. The SMILES string of the molecule is CC(C)(C)OC(=O)N[C@@H](CCC(=O)O)C(=O)OC(C)(C)C.O=C(O)C(F)(F)F. The normalized spacial score (nSPS) is 12.8. The third-order valence-corrected chi connectivity index (χ3v) is 2.27. The van der Waals surface area contributed by atoms with Gasteiger partial charge in [-0.25, -0.2) is 14.4 Å². The van der Waals surface area contributed by atoms with Crippen LogP contribution in [0.25, 0.3) is 0 Å². The number of nitrogens with one attached hydrogen (secondary N) is 1. The Morgan fingerprint density at radius 3 is 1.57 bits per heavy atom. The van der Waals surface area contributed by atoms with Crippen molar-refractivity contribution < 1.29 is 52.0 Å². The van der Waals surface area contributed by atoms with Crippen LogP contribution in [0.2, 0.25) is 0 Å². The van der Waals surface area contributed by atoms with Crippen LogP contribution in [-0.2, 0) is 23.9 Å². The number of carboxylic acid groups (broad SMARTS) is 2. The zero-order valence-corrected chi connectivity index (χ0v) is 16.5. The Morgan fingerprint density at radius 1 is 0.893 bits per heavy atom. The van der Waals surface area contributed by atoms with Crippen LogP contribution in [0, 0.1) is 0 Å². The maximum absolute atomic E-state index is 12.0. The summed E-state index contributed by atoms with van der Waals surface area (Å²) in [6, 6.07) is -1.06. The van der Waals surface area contributed by atoms with Crippen LogP contribution in [0.3, 0.4) is 0 Å². The van der Waals surface area contributed by atoms with Gasteiger partial charge < -0.3 is 25.0 Å². The summed E-state index contributed by atoms with van der Waals surface area (Å²) in [4.78, 5) is 43.2. The smallest absolute Gasteiger partial charge is 0.481 e. The van der Waals surface area contributed by atoms with Crippen LogP contribution in [-0.4, -0.2) is 57.6 Å². The molecule has 0 spiro atoms. The molecule has 164 valence electrons. The quantitative estimate of drug-likeness (QED) is 0.580. The summed E-state index contributed by atoms with van der Waals surface area (Å²) in [6.07, 6.45) is -6.20. The standard InChI is InChI=1S/C14H25NO6.C2HF3O2/c1-13(2,3)20-11(18)9(7-8-10(16)17)15-12(19)21-14(4,5)6;3-2(4,5)1(6)7/h9H,7-8H2,1-6H3,(H,15,19)(H,16,17);(H,6,7)/t9-;/m0./s1. The summed E-state index contributed by atoms with van der Waals surface area (Å²) in [5.41, 5.74) is -1.44. The van der Waals surface area contributed by atoms with Gasteiger partial charge in [0, 0.05) is 6.42 Å². The number of aliphatic carboxylic acids is 2. The first-order chi connectivity index (χ1) is 12.2. The molecule has 0 saturated carbocycles. The third-order valence-electron chi connectivity index (χ3n) is 2.27. The maximum Gasteiger partial charge on any atom is 0.490 e. The second-order valence-corrected chi connectivity index (χ2v) is 7.47. The van der Waals surface area contributed by atoms with Gasteiger partial charge in [-0.15, -0.1) is 0 Å². The van der Waals surface area contributed by atoms with Gasteiger partial charge >= 0.3 is 30.2 Å². The van der Waals surface area contributed by atoms with Gasteiger partial charge in [0.1, 0.15) is 17.2 Å². The fraction of sp³-hybridized carbons (Fsp3) is 0.750. The van der Waals surface area contributed by atoms with Crippen LogP contribution in [0.15, 0.2) is 0 Å². The lowest BCUT2D eigenvalue weighted by Crippen LogP contribution is -2.46. The van der Waals surface area contributed by atoms with Crippen molar-refractivity contribution in [2.24, 2.45) is 0 Å². The first kappa shape index (κ1) is 27.7. The predicted octanol–water partition coefficient (Wildman–Crippen LogP) is 2.72. The molecule has 0 saturated heterocycles. The van der Waals surface area contributed by atoms with Crippen molar-refractivity contribution >= 4 is 24.0 Å². The molecule has 1 atom stereocenters. The van der Waals surface area contributed by atoms with Gasteiger partial charge in [0.15, 0.2) is 0 Å². The molecule has 0 aromatic heterocycles. The Hall–Kier alpha value is -2.53. The molecule has 0 aromatic carbocycles. The molecule has 0 bridgehead atoms. The Morgan fingerprint density at radius 2 is 1.29 bits per heavy atom. The highest BCUT2D eigenvalue weighted by Gasteiger charge is 2.38. The second-order valence-electron chi connectivity index (χ2n) is 7.47. The number of hydrogen-bond acceptors (Lipinski definition) is 6. The zero-order chi connectivity index (χ0) is 22.9. The van der Waals surface area contributed by atoms with E-state index < -0.39 is 47.4 Å². The number of alkyl halides is 3. The molecule has 0 unspecified atom stereocenters. The van der Waals surface area contributed by atoms with E-state index in [9.17, 15) is 27.6 Å². The van der Waals surface area contributed by atoms with Gasteiger partial charge in [0.25, 0.3) is 0 Å². The highest BCUT2D eigenvalue weighted by atomic mass is 19.4. The van der Waals surface area contributed by atoms with E-state index in [2.05, 4.69) is 5.32 Å². The van der Waals surface area contributed by atoms with E-state index in [0.29, 0.717) is 0 Å². The Balaban J connectivity index is 0. The molecule has 0 rings (SSSR count). The molecule has 3 N–H and O–H groups in total. The van der Waals surface area contributed by atoms with Crippen molar-refractivity contribution in [3.63, 3.8) is 0 Å². The van der Waals surface area contributed by atoms with Gasteiger partial charge in [0.05, 0.1) is 0 Å². The van der Waals surface area contributed by atoms with E-state index in [-0.39, 0.29) is 12.8 Å². The molecule has 0 radical (unpaired) electrons. The molecule has 0 aromatic rings. The number of carboxylic acids is 2. The lowest BCUT2D eigenvalue weighted by Gasteiger charge is -2.26. The zero-order valence-electron chi connectivity index (χ0n) is 16.5. The lowest BCUT2D eigenvalue weighted by atomic mass is 10.1. The molecule has 12 heteroatoms. The van der Waals surface area contributed by atoms with Gasteiger partial charge in [-0.05, 0) is 48.0 Å². The number of carbonyl (C=O) groups excluding carboxylic acids is 2. The molecular weight excluding hydrogens is 391 g/mol. The summed E-state index contributed by atoms with van der Waals surface area (Å²) in [5.74, 6) is -4.50. The number of esters is 1. The van der Waals surface area contributed by atoms with Gasteiger partial charge in [-0.1, -0.05) is 0 Å². The van der Waals surface area contributed by atoms with Crippen LogP contribution in [0.5, 0.6) is 0 Å². The number of halogens is 3. The van der Waals surface area contributed by atoms with E-state index in [1.165, 1.54) is 0 Å². The Kier molecular flexibility index (Phi) is 10.6. The van der Waals surface area contributed by atoms with Crippen LogP contribution in [0.4, 0.5) is 18.0 Å². The average Bonchev–Trinajstić information content (AvgIpc) is 2.38. The summed E-state index contributed by atoms with van der Waals surface area (Å²) in [5, 5.41) is 18.2. The molecule has 1 amide bonds. The third kappa shape index (κ3) is 16.9. The first-order valence-electron chi connectivity index (χ1n) is 7.99. The minimum absolute atomic E-state index is 0.0660. The van der Waals surface area contributed by atoms with Crippen molar-refractivity contribution in [2.45, 2.75) is 77.8 Å². The number of amides is 1. The first-order valence-corrected chi connectivity index (χ1v) is 7.99.